The Hall–Kier alpha value is -1.03. The van der Waals surface area contributed by atoms with Gasteiger partial charge in [-0.2, -0.15) is 0 Å². The highest BCUT2D eigenvalue weighted by Gasteiger charge is 2.23. The van der Waals surface area contributed by atoms with E-state index < -0.39 is 0 Å². The summed E-state index contributed by atoms with van der Waals surface area (Å²) in [6.07, 6.45) is 2.53. The zero-order chi connectivity index (χ0) is 14.7. The van der Waals surface area contributed by atoms with Gasteiger partial charge in [0, 0.05) is 17.6 Å². The minimum Gasteiger partial charge on any atom is -0.483 e. The predicted molar refractivity (Wildman–Crippen MR) is 90.0 cm³/mol. The second-order valence-electron chi connectivity index (χ2n) is 5.27. The van der Waals surface area contributed by atoms with Crippen molar-refractivity contribution in [3.8, 4) is 5.75 Å². The highest BCUT2D eigenvalue weighted by molar-refractivity contribution is 9.10. The van der Waals surface area contributed by atoms with Crippen molar-refractivity contribution in [2.24, 2.45) is 0 Å². The van der Waals surface area contributed by atoms with Gasteiger partial charge in [0.1, 0.15) is 11.9 Å². The van der Waals surface area contributed by atoms with Gasteiger partial charge in [0.2, 0.25) is 0 Å². The number of benzene rings is 2. The summed E-state index contributed by atoms with van der Waals surface area (Å²) in [5, 5.41) is 4.24. The van der Waals surface area contributed by atoms with Gasteiger partial charge >= 0.3 is 0 Å². The summed E-state index contributed by atoms with van der Waals surface area (Å²) in [4.78, 5) is 0. The van der Waals surface area contributed by atoms with Gasteiger partial charge < -0.3 is 10.1 Å². The zero-order valence-electron chi connectivity index (χ0n) is 11.6. The topological polar surface area (TPSA) is 21.3 Å². The maximum absolute atomic E-state index is 6.20. The lowest BCUT2D eigenvalue weighted by Crippen LogP contribution is -2.26. The van der Waals surface area contributed by atoms with Crippen LogP contribution in [0.2, 0.25) is 5.02 Å². The third-order valence-corrected chi connectivity index (χ3v) is 4.36. The van der Waals surface area contributed by atoms with Gasteiger partial charge in [0.05, 0.1) is 4.47 Å². The summed E-state index contributed by atoms with van der Waals surface area (Å²) >= 11 is 9.49. The first-order valence-corrected chi connectivity index (χ1v) is 8.29. The van der Waals surface area contributed by atoms with Crippen LogP contribution in [0.4, 0.5) is 0 Å². The molecule has 2 aromatic rings. The molecule has 0 heterocycles. The normalized spacial score (nSPS) is 15.7. The largest absolute Gasteiger partial charge is 0.483 e. The molecule has 0 saturated heterocycles. The molecular weight excluding hydrogens is 350 g/mol. The fourth-order valence-electron chi connectivity index (χ4n) is 2.18. The Morgan fingerprint density at radius 3 is 2.62 bits per heavy atom. The molecule has 0 spiro atoms. The summed E-state index contributed by atoms with van der Waals surface area (Å²) < 4.78 is 7.07. The van der Waals surface area contributed by atoms with Crippen LogP contribution in [0.1, 0.15) is 24.5 Å². The van der Waals surface area contributed by atoms with Crippen molar-refractivity contribution in [2.75, 3.05) is 6.54 Å². The van der Waals surface area contributed by atoms with Gasteiger partial charge in [0.15, 0.2) is 0 Å². The first-order chi connectivity index (χ1) is 10.2. The lowest BCUT2D eigenvalue weighted by Gasteiger charge is -2.21. The molecule has 1 aliphatic carbocycles. The lowest BCUT2D eigenvalue weighted by molar-refractivity contribution is 0.200. The van der Waals surface area contributed by atoms with Gasteiger partial charge in [0.25, 0.3) is 0 Å². The van der Waals surface area contributed by atoms with Crippen LogP contribution in [-0.2, 0) is 0 Å². The molecule has 21 heavy (non-hydrogen) atoms. The Bertz CT molecular complexity index is 601. The van der Waals surface area contributed by atoms with Gasteiger partial charge in [-0.1, -0.05) is 41.9 Å². The van der Waals surface area contributed by atoms with Crippen molar-refractivity contribution in [2.45, 2.75) is 25.0 Å². The molecule has 0 aromatic heterocycles. The fraction of sp³-hybridized carbons (Fsp3) is 0.294. The summed E-state index contributed by atoms with van der Waals surface area (Å²) in [5.74, 6) is 0.811. The first kappa shape index (κ1) is 14.9. The highest BCUT2D eigenvalue weighted by atomic mass is 79.9. The summed E-state index contributed by atoms with van der Waals surface area (Å²) in [7, 11) is 0. The van der Waals surface area contributed by atoms with Crippen LogP contribution in [0.3, 0.4) is 0 Å². The Morgan fingerprint density at radius 1 is 1.19 bits per heavy atom. The number of ether oxygens (including phenoxy) is 1. The summed E-state index contributed by atoms with van der Waals surface area (Å²) in [6, 6.07) is 16.6. The van der Waals surface area contributed by atoms with Crippen LogP contribution >= 0.6 is 27.5 Å². The molecule has 1 fully saturated rings. The van der Waals surface area contributed by atoms with E-state index in [0.717, 1.165) is 16.8 Å². The molecule has 1 aliphatic rings. The van der Waals surface area contributed by atoms with E-state index in [-0.39, 0.29) is 6.10 Å². The molecule has 1 N–H and O–H groups in total. The molecule has 1 saturated carbocycles. The average Bonchev–Trinajstić information content (AvgIpc) is 3.31. The Balaban J connectivity index is 1.77. The summed E-state index contributed by atoms with van der Waals surface area (Å²) in [6.45, 7) is 0.809. The van der Waals surface area contributed by atoms with Crippen molar-refractivity contribution in [3.63, 3.8) is 0 Å². The Morgan fingerprint density at radius 2 is 1.95 bits per heavy atom. The quantitative estimate of drug-likeness (QED) is 0.779. The molecule has 2 aromatic carbocycles. The summed E-state index contributed by atoms with van der Waals surface area (Å²) in [5.41, 5.74) is 1.17. The minimum atomic E-state index is -0.00993. The van der Waals surface area contributed by atoms with Gasteiger partial charge in [-0.05, 0) is 52.5 Å². The van der Waals surface area contributed by atoms with Crippen LogP contribution in [0.25, 0.3) is 0 Å². The van der Waals surface area contributed by atoms with Crippen molar-refractivity contribution in [3.05, 3.63) is 63.6 Å². The third-order valence-electron chi connectivity index (χ3n) is 3.50. The molecular formula is C17H17BrClNO. The van der Waals surface area contributed by atoms with Crippen molar-refractivity contribution in [1.82, 2.24) is 5.32 Å². The van der Waals surface area contributed by atoms with Crippen molar-refractivity contribution >= 4 is 27.5 Å². The predicted octanol–water partition coefficient (Wildman–Crippen LogP) is 4.97. The molecule has 2 nitrogen and oxygen atoms in total. The van der Waals surface area contributed by atoms with E-state index in [9.17, 15) is 0 Å². The number of rotatable bonds is 6. The minimum absolute atomic E-state index is 0.00993. The smallest absolute Gasteiger partial charge is 0.136 e. The average molecular weight is 367 g/mol. The molecule has 4 heteroatoms. The lowest BCUT2D eigenvalue weighted by atomic mass is 10.1. The van der Waals surface area contributed by atoms with E-state index in [0.29, 0.717) is 11.1 Å². The second kappa shape index (κ2) is 6.82. The van der Waals surface area contributed by atoms with Crippen LogP contribution in [0, 0.1) is 0 Å². The highest BCUT2D eigenvalue weighted by Crippen LogP contribution is 2.32. The maximum atomic E-state index is 6.20. The van der Waals surface area contributed by atoms with E-state index in [2.05, 4.69) is 33.4 Å². The molecule has 0 bridgehead atoms. The zero-order valence-corrected chi connectivity index (χ0v) is 13.9. The molecule has 0 aliphatic heterocycles. The number of hydrogen-bond donors (Lipinski definition) is 1. The molecule has 3 rings (SSSR count). The first-order valence-electron chi connectivity index (χ1n) is 7.12. The van der Waals surface area contributed by atoms with E-state index >= 15 is 0 Å². The molecule has 0 amide bonds. The molecule has 0 radical (unpaired) electrons. The molecule has 110 valence electrons. The van der Waals surface area contributed by atoms with Gasteiger partial charge in [-0.3, -0.25) is 0 Å². The maximum Gasteiger partial charge on any atom is 0.136 e. The van der Waals surface area contributed by atoms with Crippen LogP contribution in [-0.4, -0.2) is 12.6 Å². The number of nitrogens with one attached hydrogen (secondary N) is 1. The van der Waals surface area contributed by atoms with E-state index in [1.807, 2.05) is 36.4 Å². The van der Waals surface area contributed by atoms with E-state index in [1.54, 1.807) is 0 Å². The van der Waals surface area contributed by atoms with E-state index in [4.69, 9.17) is 16.3 Å². The fourth-order valence-corrected chi connectivity index (χ4v) is 2.96. The number of halogens is 2. The SMILES string of the molecule is Clc1ccc(OC(CNC2CC2)c2ccccc2)c(Br)c1. The molecule has 1 atom stereocenters. The third kappa shape index (κ3) is 4.22. The number of hydrogen-bond acceptors (Lipinski definition) is 2. The molecule has 1 unspecified atom stereocenters. The monoisotopic (exact) mass is 365 g/mol. The van der Waals surface area contributed by atoms with Crippen molar-refractivity contribution in [1.29, 1.82) is 0 Å². The van der Waals surface area contributed by atoms with Crippen LogP contribution in [0.5, 0.6) is 5.75 Å². The second-order valence-corrected chi connectivity index (χ2v) is 6.57. The Kier molecular flexibility index (Phi) is 4.84. The van der Waals surface area contributed by atoms with Crippen LogP contribution in [0.15, 0.2) is 53.0 Å². The van der Waals surface area contributed by atoms with Crippen molar-refractivity contribution < 1.29 is 4.74 Å². The van der Waals surface area contributed by atoms with Crippen LogP contribution < -0.4 is 10.1 Å². The van der Waals surface area contributed by atoms with E-state index in [1.165, 1.54) is 18.4 Å². The Labute approximate surface area is 138 Å². The van der Waals surface area contributed by atoms with Gasteiger partial charge in [-0.15, -0.1) is 0 Å². The van der Waals surface area contributed by atoms with Gasteiger partial charge in [-0.25, -0.2) is 0 Å². The standard InChI is InChI=1S/C17H17BrClNO/c18-15-10-13(19)6-9-16(15)21-17(11-20-14-7-8-14)12-4-2-1-3-5-12/h1-6,9-10,14,17,20H,7-8,11H2.